The molecule has 0 saturated heterocycles. The van der Waals surface area contributed by atoms with Crippen LogP contribution in [0.25, 0.3) is 0 Å². The van der Waals surface area contributed by atoms with E-state index in [4.69, 9.17) is 0 Å². The Kier molecular flexibility index (Phi) is 7.28. The van der Waals surface area contributed by atoms with E-state index in [-0.39, 0.29) is 17.9 Å². The molecule has 1 aliphatic rings. The van der Waals surface area contributed by atoms with Crippen molar-refractivity contribution in [3.05, 3.63) is 125 Å². The van der Waals surface area contributed by atoms with Gasteiger partial charge in [-0.05, 0) is 61.2 Å². The first-order chi connectivity index (χ1) is 18.0. The van der Waals surface area contributed by atoms with Gasteiger partial charge in [0.1, 0.15) is 0 Å². The Labute approximate surface area is 219 Å². The zero-order valence-corrected chi connectivity index (χ0v) is 21.4. The lowest BCUT2D eigenvalue weighted by atomic mass is 10.1. The molecule has 4 aromatic carbocycles. The van der Waals surface area contributed by atoms with Gasteiger partial charge in [-0.1, -0.05) is 72.8 Å². The van der Waals surface area contributed by atoms with E-state index in [1.54, 1.807) is 47.4 Å². The van der Waals surface area contributed by atoms with Crippen LogP contribution in [0.3, 0.4) is 0 Å². The number of hydrogen-bond donors (Lipinski definition) is 1. The fourth-order valence-electron chi connectivity index (χ4n) is 4.53. The summed E-state index contributed by atoms with van der Waals surface area (Å²) in [7, 11) is -1.56. The highest BCUT2D eigenvalue weighted by atomic mass is 32.2. The standard InChI is InChI=1S/C31H28N2O3S/c1-22(16-17-23-10-4-2-5-11-23)32-30(34)25-18-19-29-27(20-25)33(21-24-12-6-3-7-13-24)31(35)26-14-8-9-15-28(26)37(29)36/h2-15,18-20,22H,16-17,21H2,1H3,(H,32,34)/t22-,37+/m1/s1. The van der Waals surface area contributed by atoms with Gasteiger partial charge < -0.3 is 10.2 Å². The van der Waals surface area contributed by atoms with Crippen molar-refractivity contribution in [3.8, 4) is 0 Å². The minimum absolute atomic E-state index is 0.0352. The van der Waals surface area contributed by atoms with Crippen molar-refractivity contribution >= 4 is 28.3 Å². The predicted octanol–water partition coefficient (Wildman–Crippen LogP) is 5.76. The molecule has 0 saturated carbocycles. The van der Waals surface area contributed by atoms with Gasteiger partial charge in [0.25, 0.3) is 11.8 Å². The number of benzene rings is 4. The monoisotopic (exact) mass is 508 g/mol. The van der Waals surface area contributed by atoms with Gasteiger partial charge in [-0.25, -0.2) is 4.21 Å². The Morgan fingerprint density at radius 2 is 1.49 bits per heavy atom. The van der Waals surface area contributed by atoms with Crippen LogP contribution < -0.4 is 10.2 Å². The molecule has 0 bridgehead atoms. The van der Waals surface area contributed by atoms with Crippen LogP contribution in [-0.4, -0.2) is 22.1 Å². The number of fused-ring (bicyclic) bond motifs is 2. The maximum absolute atomic E-state index is 13.7. The highest BCUT2D eigenvalue weighted by molar-refractivity contribution is 7.85. The molecule has 2 atom stereocenters. The highest BCUT2D eigenvalue weighted by Gasteiger charge is 2.31. The summed E-state index contributed by atoms with van der Waals surface area (Å²) in [5.74, 6) is -0.455. The van der Waals surface area contributed by atoms with Crippen LogP contribution in [0.15, 0.2) is 113 Å². The van der Waals surface area contributed by atoms with Crippen LogP contribution >= 0.6 is 0 Å². The molecule has 2 amide bonds. The summed E-state index contributed by atoms with van der Waals surface area (Å²) in [5.41, 5.74) is 3.50. The summed E-state index contributed by atoms with van der Waals surface area (Å²) in [6, 6.07) is 31.9. The molecule has 5 rings (SSSR count). The first kappa shape index (κ1) is 24.7. The fraction of sp³-hybridized carbons (Fsp3) is 0.161. The molecule has 6 heteroatoms. The van der Waals surface area contributed by atoms with Crippen molar-refractivity contribution in [2.75, 3.05) is 4.90 Å². The van der Waals surface area contributed by atoms with Crippen LogP contribution in [0.5, 0.6) is 0 Å². The summed E-state index contributed by atoms with van der Waals surface area (Å²) >= 11 is 0. The summed E-state index contributed by atoms with van der Waals surface area (Å²) in [6.45, 7) is 2.29. The molecule has 1 aliphatic heterocycles. The van der Waals surface area contributed by atoms with Gasteiger partial charge >= 0.3 is 0 Å². The second-order valence-corrected chi connectivity index (χ2v) is 10.6. The molecule has 0 aliphatic carbocycles. The Hall–Kier alpha value is -4.03. The number of carbonyl (C=O) groups is 2. The largest absolute Gasteiger partial charge is 0.350 e. The van der Waals surface area contributed by atoms with Crippen LogP contribution in [0.4, 0.5) is 5.69 Å². The van der Waals surface area contributed by atoms with Gasteiger partial charge in [0.15, 0.2) is 0 Å². The van der Waals surface area contributed by atoms with Crippen molar-refractivity contribution in [1.29, 1.82) is 0 Å². The molecule has 1 N–H and O–H groups in total. The van der Waals surface area contributed by atoms with Crippen molar-refractivity contribution in [2.45, 2.75) is 42.1 Å². The predicted molar refractivity (Wildman–Crippen MR) is 146 cm³/mol. The van der Waals surface area contributed by atoms with Crippen LogP contribution in [0, 0.1) is 0 Å². The van der Waals surface area contributed by atoms with E-state index in [2.05, 4.69) is 17.4 Å². The van der Waals surface area contributed by atoms with Crippen molar-refractivity contribution in [1.82, 2.24) is 5.32 Å². The van der Waals surface area contributed by atoms with Gasteiger partial charge in [0.05, 0.1) is 38.4 Å². The molecular weight excluding hydrogens is 480 g/mol. The number of amides is 2. The molecule has 186 valence electrons. The van der Waals surface area contributed by atoms with E-state index in [1.807, 2.05) is 55.5 Å². The van der Waals surface area contributed by atoms with E-state index in [9.17, 15) is 13.8 Å². The average molecular weight is 509 g/mol. The normalized spacial score (nSPS) is 15.3. The smallest absolute Gasteiger partial charge is 0.259 e. The second-order valence-electron chi connectivity index (χ2n) is 9.22. The molecule has 0 spiro atoms. The molecule has 37 heavy (non-hydrogen) atoms. The van der Waals surface area contributed by atoms with E-state index < -0.39 is 10.8 Å². The Morgan fingerprint density at radius 3 is 2.22 bits per heavy atom. The molecule has 0 radical (unpaired) electrons. The molecule has 1 heterocycles. The molecule has 4 aromatic rings. The van der Waals surface area contributed by atoms with E-state index >= 15 is 0 Å². The summed E-state index contributed by atoms with van der Waals surface area (Å²) < 4.78 is 13.6. The van der Waals surface area contributed by atoms with Gasteiger partial charge in [0, 0.05) is 11.6 Å². The third-order valence-electron chi connectivity index (χ3n) is 6.54. The minimum Gasteiger partial charge on any atom is -0.350 e. The number of nitrogens with one attached hydrogen (secondary N) is 1. The third-order valence-corrected chi connectivity index (χ3v) is 8.04. The van der Waals surface area contributed by atoms with Crippen molar-refractivity contribution < 1.29 is 13.8 Å². The van der Waals surface area contributed by atoms with E-state index in [0.717, 1.165) is 18.4 Å². The maximum atomic E-state index is 13.7. The Bertz CT molecular complexity index is 1450. The quantitative estimate of drug-likeness (QED) is 0.345. The second kappa shape index (κ2) is 10.9. The number of rotatable bonds is 7. The van der Waals surface area contributed by atoms with Crippen LogP contribution in [-0.2, 0) is 23.8 Å². The molecule has 5 nitrogen and oxygen atoms in total. The third kappa shape index (κ3) is 5.39. The van der Waals surface area contributed by atoms with Crippen LogP contribution in [0.2, 0.25) is 0 Å². The van der Waals surface area contributed by atoms with Crippen molar-refractivity contribution in [2.24, 2.45) is 0 Å². The molecule has 0 unspecified atom stereocenters. The van der Waals surface area contributed by atoms with Gasteiger partial charge in [-0.15, -0.1) is 0 Å². The highest BCUT2D eigenvalue weighted by Crippen LogP contribution is 2.36. The lowest BCUT2D eigenvalue weighted by Gasteiger charge is -2.24. The zero-order valence-electron chi connectivity index (χ0n) is 20.6. The zero-order chi connectivity index (χ0) is 25.8. The fourth-order valence-corrected chi connectivity index (χ4v) is 5.88. The topological polar surface area (TPSA) is 66.5 Å². The number of anilines is 1. The first-order valence-electron chi connectivity index (χ1n) is 12.4. The lowest BCUT2D eigenvalue weighted by molar-refractivity contribution is 0.0935. The number of nitrogens with zero attached hydrogens (tertiary/aromatic N) is 1. The molecule has 0 aromatic heterocycles. The van der Waals surface area contributed by atoms with Crippen molar-refractivity contribution in [3.63, 3.8) is 0 Å². The van der Waals surface area contributed by atoms with Gasteiger partial charge in [0.2, 0.25) is 0 Å². The van der Waals surface area contributed by atoms with Gasteiger partial charge in [-0.2, -0.15) is 0 Å². The average Bonchev–Trinajstić information content (AvgIpc) is 3.02. The van der Waals surface area contributed by atoms with Crippen LogP contribution in [0.1, 0.15) is 45.2 Å². The number of hydrogen-bond acceptors (Lipinski definition) is 3. The van der Waals surface area contributed by atoms with E-state index in [1.165, 1.54) is 5.56 Å². The maximum Gasteiger partial charge on any atom is 0.259 e. The van der Waals surface area contributed by atoms with Gasteiger partial charge in [-0.3, -0.25) is 9.59 Å². The summed E-state index contributed by atoms with van der Waals surface area (Å²) in [4.78, 5) is 29.5. The Morgan fingerprint density at radius 1 is 0.838 bits per heavy atom. The van der Waals surface area contributed by atoms with E-state index in [0.29, 0.717) is 33.2 Å². The molecular formula is C31H28N2O3S. The molecule has 0 fully saturated rings. The first-order valence-corrected chi connectivity index (χ1v) is 13.5. The summed E-state index contributed by atoms with van der Waals surface area (Å²) in [6.07, 6.45) is 1.67. The summed E-state index contributed by atoms with van der Waals surface area (Å²) in [5, 5.41) is 3.07. The Balaban J connectivity index is 1.44. The lowest BCUT2D eigenvalue weighted by Crippen LogP contribution is -2.33. The number of aryl methyl sites for hydroxylation is 1. The number of carbonyl (C=O) groups excluding carboxylic acids is 2. The minimum atomic E-state index is -1.56. The SMILES string of the molecule is C[C@H](CCc1ccccc1)NC(=O)c1ccc2c(c1)N(Cc1ccccc1)C(=O)c1ccccc1[S@@]2=O.